The molecule has 1 aliphatic rings. The number of nitrogens with zero attached hydrogens (tertiary/aromatic N) is 2. The van der Waals surface area contributed by atoms with Gasteiger partial charge in [0.1, 0.15) is 24.4 Å². The molecule has 0 saturated carbocycles. The summed E-state index contributed by atoms with van der Waals surface area (Å²) in [5.74, 6) is 0.749. The third-order valence-electron chi connectivity index (χ3n) is 4.86. The third-order valence-corrected chi connectivity index (χ3v) is 5.90. The van der Waals surface area contributed by atoms with Crippen molar-refractivity contribution in [1.29, 1.82) is 0 Å². The van der Waals surface area contributed by atoms with E-state index >= 15 is 0 Å². The van der Waals surface area contributed by atoms with Crippen LogP contribution in [0.4, 0.5) is 0 Å². The van der Waals surface area contributed by atoms with Crippen molar-refractivity contribution in [2.24, 2.45) is 4.99 Å². The molecule has 3 heterocycles. The van der Waals surface area contributed by atoms with E-state index in [1.807, 2.05) is 22.8 Å². The SMILES string of the molecule is CCCn1c(=NC(=O)c2cc3ccccc3oc2=O)sc2cc3c(cc21)OCCO3. The maximum atomic E-state index is 12.9. The lowest BCUT2D eigenvalue weighted by molar-refractivity contribution is 0.0994. The minimum Gasteiger partial charge on any atom is -0.486 e. The van der Waals surface area contributed by atoms with E-state index in [1.54, 1.807) is 18.2 Å². The molecule has 4 aromatic rings. The van der Waals surface area contributed by atoms with Gasteiger partial charge in [0, 0.05) is 24.1 Å². The van der Waals surface area contributed by atoms with Crippen LogP contribution in [-0.2, 0) is 6.54 Å². The summed E-state index contributed by atoms with van der Waals surface area (Å²) >= 11 is 1.38. The number of rotatable bonds is 3. The zero-order valence-electron chi connectivity index (χ0n) is 16.2. The summed E-state index contributed by atoms with van der Waals surface area (Å²) in [7, 11) is 0. The van der Waals surface area contributed by atoms with Gasteiger partial charge in [-0.1, -0.05) is 36.5 Å². The fraction of sp³-hybridized carbons (Fsp3) is 0.227. The molecule has 1 aliphatic heterocycles. The molecule has 0 radical (unpaired) electrons. The van der Waals surface area contributed by atoms with Gasteiger partial charge in [0.2, 0.25) is 0 Å². The van der Waals surface area contributed by atoms with Gasteiger partial charge < -0.3 is 18.5 Å². The molecule has 152 valence electrons. The molecule has 0 unspecified atom stereocenters. The number of thiazole rings is 1. The van der Waals surface area contributed by atoms with E-state index in [0.717, 1.165) is 16.6 Å². The Morgan fingerprint density at radius 2 is 1.90 bits per heavy atom. The maximum Gasteiger partial charge on any atom is 0.349 e. The molecule has 2 aromatic carbocycles. The summed E-state index contributed by atoms with van der Waals surface area (Å²) in [6.07, 6.45) is 0.861. The first-order valence-corrected chi connectivity index (χ1v) is 10.5. The van der Waals surface area contributed by atoms with E-state index in [-0.39, 0.29) is 5.56 Å². The summed E-state index contributed by atoms with van der Waals surface area (Å²) < 4.78 is 19.6. The van der Waals surface area contributed by atoms with Crippen LogP contribution in [0.2, 0.25) is 0 Å². The molecule has 0 fully saturated rings. The molecule has 0 aliphatic carbocycles. The van der Waals surface area contributed by atoms with Crippen molar-refractivity contribution in [2.75, 3.05) is 13.2 Å². The zero-order chi connectivity index (χ0) is 20.7. The first-order chi connectivity index (χ1) is 14.6. The molecular formula is C22H18N2O5S. The monoisotopic (exact) mass is 422 g/mol. The van der Waals surface area contributed by atoms with Crippen molar-refractivity contribution in [3.63, 3.8) is 0 Å². The lowest BCUT2D eigenvalue weighted by atomic mass is 10.2. The highest BCUT2D eigenvalue weighted by Gasteiger charge is 2.18. The van der Waals surface area contributed by atoms with E-state index in [2.05, 4.69) is 11.9 Å². The summed E-state index contributed by atoms with van der Waals surface area (Å²) in [5, 5.41) is 0.676. The van der Waals surface area contributed by atoms with Crippen molar-refractivity contribution < 1.29 is 18.7 Å². The van der Waals surface area contributed by atoms with Crippen molar-refractivity contribution in [2.45, 2.75) is 19.9 Å². The predicted molar refractivity (Wildman–Crippen MR) is 113 cm³/mol. The average molecular weight is 422 g/mol. The maximum absolute atomic E-state index is 12.9. The molecule has 1 amide bonds. The van der Waals surface area contributed by atoms with Crippen molar-refractivity contribution in [3.8, 4) is 11.5 Å². The van der Waals surface area contributed by atoms with Gasteiger partial charge >= 0.3 is 5.63 Å². The second kappa shape index (κ2) is 7.46. The van der Waals surface area contributed by atoms with Gasteiger partial charge in [0.25, 0.3) is 5.91 Å². The number of carbonyl (C=O) groups is 1. The van der Waals surface area contributed by atoms with Crippen LogP contribution in [0.15, 0.2) is 56.7 Å². The first-order valence-electron chi connectivity index (χ1n) is 9.69. The number of fused-ring (bicyclic) bond motifs is 3. The number of hydrogen-bond donors (Lipinski definition) is 0. The molecule has 2 aromatic heterocycles. The molecule has 0 spiro atoms. The largest absolute Gasteiger partial charge is 0.486 e. The highest BCUT2D eigenvalue weighted by atomic mass is 32.1. The lowest BCUT2D eigenvalue weighted by Crippen LogP contribution is -2.20. The fourth-order valence-corrected chi connectivity index (χ4v) is 4.55. The minimum atomic E-state index is -0.692. The second-order valence-electron chi connectivity index (χ2n) is 6.90. The molecule has 7 nitrogen and oxygen atoms in total. The number of ether oxygens (including phenoxy) is 2. The number of para-hydroxylation sites is 1. The van der Waals surface area contributed by atoms with Crippen LogP contribution in [0.25, 0.3) is 21.2 Å². The summed E-state index contributed by atoms with van der Waals surface area (Å²) in [6, 6.07) is 12.4. The van der Waals surface area contributed by atoms with Gasteiger partial charge in [-0.05, 0) is 18.6 Å². The second-order valence-corrected chi connectivity index (χ2v) is 7.91. The Kier molecular flexibility index (Phi) is 4.63. The fourth-order valence-electron chi connectivity index (χ4n) is 3.49. The van der Waals surface area contributed by atoms with E-state index in [0.29, 0.717) is 47.0 Å². The molecular weight excluding hydrogens is 404 g/mol. The molecule has 0 N–H and O–H groups in total. The molecule has 0 bridgehead atoms. The quantitative estimate of drug-likeness (QED) is 0.470. The van der Waals surface area contributed by atoms with Crippen molar-refractivity contribution >= 4 is 38.4 Å². The lowest BCUT2D eigenvalue weighted by Gasteiger charge is -2.18. The van der Waals surface area contributed by atoms with Crippen LogP contribution in [0.1, 0.15) is 23.7 Å². The van der Waals surface area contributed by atoms with Gasteiger partial charge in [-0.15, -0.1) is 0 Å². The van der Waals surface area contributed by atoms with Crippen LogP contribution in [0, 0.1) is 0 Å². The Bertz CT molecular complexity index is 1410. The smallest absolute Gasteiger partial charge is 0.349 e. The van der Waals surface area contributed by atoms with E-state index in [4.69, 9.17) is 13.9 Å². The van der Waals surface area contributed by atoms with Gasteiger partial charge in [-0.3, -0.25) is 4.79 Å². The first kappa shape index (κ1) is 18.6. The summed E-state index contributed by atoms with van der Waals surface area (Å²) in [6.45, 7) is 3.74. The van der Waals surface area contributed by atoms with Gasteiger partial charge in [0.05, 0.1) is 10.2 Å². The average Bonchev–Trinajstić information content (AvgIpc) is 3.07. The van der Waals surface area contributed by atoms with Gasteiger partial charge in [-0.2, -0.15) is 4.99 Å². The molecule has 0 atom stereocenters. The Hall–Kier alpha value is -3.39. The number of aromatic nitrogens is 1. The normalized spacial score (nSPS) is 13.8. The van der Waals surface area contributed by atoms with E-state index < -0.39 is 11.5 Å². The van der Waals surface area contributed by atoms with Crippen molar-refractivity contribution in [3.05, 3.63) is 63.2 Å². The number of aryl methyl sites for hydroxylation is 1. The highest BCUT2D eigenvalue weighted by Crippen LogP contribution is 2.35. The summed E-state index contributed by atoms with van der Waals surface area (Å²) in [4.78, 5) is 30.0. The topological polar surface area (TPSA) is 83.0 Å². The summed E-state index contributed by atoms with van der Waals surface area (Å²) in [5.41, 5.74) is 0.582. The third kappa shape index (κ3) is 3.19. The van der Waals surface area contributed by atoms with E-state index in [9.17, 15) is 9.59 Å². The Labute approximate surface area is 174 Å². The molecule has 30 heavy (non-hydrogen) atoms. The van der Waals surface area contributed by atoms with Crippen molar-refractivity contribution in [1.82, 2.24) is 4.57 Å². The van der Waals surface area contributed by atoms with Crippen LogP contribution in [0.5, 0.6) is 11.5 Å². The van der Waals surface area contributed by atoms with Crippen LogP contribution in [0.3, 0.4) is 0 Å². The van der Waals surface area contributed by atoms with Crippen LogP contribution < -0.4 is 19.9 Å². The number of benzene rings is 2. The van der Waals surface area contributed by atoms with Crippen LogP contribution >= 0.6 is 11.3 Å². The predicted octanol–water partition coefficient (Wildman–Crippen LogP) is 3.73. The zero-order valence-corrected chi connectivity index (χ0v) is 17.0. The van der Waals surface area contributed by atoms with Gasteiger partial charge in [0.15, 0.2) is 16.3 Å². The van der Waals surface area contributed by atoms with Crippen LogP contribution in [-0.4, -0.2) is 23.7 Å². The standard InChI is InChI=1S/C22H18N2O5S/c1-2-7-24-15-11-17-18(28-9-8-27-17)12-19(15)30-22(24)23-20(25)14-10-13-5-3-4-6-16(13)29-21(14)26/h3-6,10-12H,2,7-9H2,1H3. The number of hydrogen-bond acceptors (Lipinski definition) is 6. The molecule has 8 heteroatoms. The molecule has 0 saturated heterocycles. The minimum absolute atomic E-state index is 0.0832. The van der Waals surface area contributed by atoms with Gasteiger partial charge in [-0.25, -0.2) is 4.79 Å². The number of carbonyl (C=O) groups excluding carboxylic acids is 1. The Morgan fingerprint density at radius 1 is 1.13 bits per heavy atom. The highest BCUT2D eigenvalue weighted by molar-refractivity contribution is 7.16. The number of amides is 1. The van der Waals surface area contributed by atoms with E-state index in [1.165, 1.54) is 17.4 Å². The Morgan fingerprint density at radius 3 is 2.70 bits per heavy atom. The Balaban J connectivity index is 1.66. The molecule has 5 rings (SSSR count).